The molecule has 0 spiro atoms. The van der Waals surface area contributed by atoms with Crippen LogP contribution in [-0.2, 0) is 26.0 Å². The number of rotatable bonds is 14. The summed E-state index contributed by atoms with van der Waals surface area (Å²) in [5.41, 5.74) is 1.66. The van der Waals surface area contributed by atoms with E-state index in [1.165, 1.54) is 35.5 Å². The molecule has 0 aliphatic carbocycles. The van der Waals surface area contributed by atoms with E-state index in [4.69, 9.17) is 0 Å². The Bertz CT molecular complexity index is 1670. The van der Waals surface area contributed by atoms with Gasteiger partial charge in [-0.15, -0.1) is 0 Å². The molecule has 12 heteroatoms. The normalized spacial score (nSPS) is 15.1. The van der Waals surface area contributed by atoms with Crippen LogP contribution in [0.25, 0.3) is 0 Å². The zero-order valence-corrected chi connectivity index (χ0v) is 28.0. The summed E-state index contributed by atoms with van der Waals surface area (Å²) in [6.45, 7) is 8.26. The minimum atomic E-state index is -4.11. The third-order valence-corrected chi connectivity index (χ3v) is 9.71. The SMILES string of the molecule is CC(=O)Nc1ccc(S(=O)(=O)N(CC(C)C)C[C@@H](O)[C@H](Cc2ccccc2)NC(=O)[C@H](C(C)C)N2C(=O)c3ccccc3C2=O)cc1. The molecule has 1 heterocycles. The van der Waals surface area contributed by atoms with Crippen LogP contribution in [0.1, 0.15) is 60.9 Å². The molecule has 4 amide bonds. The van der Waals surface area contributed by atoms with E-state index in [2.05, 4.69) is 10.6 Å². The lowest BCUT2D eigenvalue weighted by atomic mass is 9.97. The number of aliphatic hydroxyl groups excluding tert-OH is 1. The molecule has 4 rings (SSSR count). The van der Waals surface area contributed by atoms with Crippen LogP contribution in [0, 0.1) is 11.8 Å². The Morgan fingerprint density at radius 2 is 1.38 bits per heavy atom. The number of carbonyl (C=O) groups excluding carboxylic acids is 4. The summed E-state index contributed by atoms with van der Waals surface area (Å²) >= 11 is 0. The van der Waals surface area contributed by atoms with Gasteiger partial charge in [0.05, 0.1) is 28.2 Å². The quantitative estimate of drug-likeness (QED) is 0.223. The predicted molar refractivity (Wildman–Crippen MR) is 178 cm³/mol. The van der Waals surface area contributed by atoms with Crippen LogP contribution in [0.3, 0.4) is 0 Å². The summed E-state index contributed by atoms with van der Waals surface area (Å²) in [4.78, 5) is 53.0. The Kier molecular flexibility index (Phi) is 11.3. The monoisotopic (exact) mass is 662 g/mol. The molecule has 0 unspecified atom stereocenters. The van der Waals surface area contributed by atoms with E-state index in [1.54, 1.807) is 38.1 Å². The number of hydrogen-bond donors (Lipinski definition) is 3. The first kappa shape index (κ1) is 35.5. The summed E-state index contributed by atoms with van der Waals surface area (Å²) in [5.74, 6) is -2.64. The predicted octanol–water partition coefficient (Wildman–Crippen LogP) is 3.70. The number of anilines is 1. The molecule has 0 bridgehead atoms. The second-order valence-electron chi connectivity index (χ2n) is 12.5. The van der Waals surface area contributed by atoms with Gasteiger partial charge in [-0.1, -0.05) is 70.2 Å². The minimum Gasteiger partial charge on any atom is -0.390 e. The summed E-state index contributed by atoms with van der Waals surface area (Å²) in [6.07, 6.45) is -1.22. The summed E-state index contributed by atoms with van der Waals surface area (Å²) in [5, 5.41) is 17.2. The highest BCUT2D eigenvalue weighted by atomic mass is 32.2. The Hall–Kier alpha value is -4.39. The molecule has 1 aliphatic heterocycles. The van der Waals surface area contributed by atoms with Crippen LogP contribution in [0.4, 0.5) is 5.69 Å². The van der Waals surface area contributed by atoms with Gasteiger partial charge in [0, 0.05) is 25.7 Å². The fraction of sp³-hybridized carbons (Fsp3) is 0.371. The third kappa shape index (κ3) is 8.31. The van der Waals surface area contributed by atoms with E-state index >= 15 is 0 Å². The summed E-state index contributed by atoms with van der Waals surface area (Å²) < 4.78 is 28.9. The van der Waals surface area contributed by atoms with E-state index in [-0.39, 0.29) is 47.4 Å². The van der Waals surface area contributed by atoms with E-state index < -0.39 is 51.9 Å². The van der Waals surface area contributed by atoms with E-state index in [0.29, 0.717) is 5.69 Å². The standard InChI is InChI=1S/C35H42N4O7S/c1-22(2)20-38(47(45,46)27-17-15-26(16-18-27)36-24(5)40)21-31(41)30(19-25-11-7-6-8-12-25)37-33(42)32(23(3)4)39-34(43)28-13-9-10-14-29(28)35(39)44/h6-18,22-23,30-32,41H,19-21H2,1-5H3,(H,36,40)(H,37,42)/t30-,31+,32-/m0/s1. The van der Waals surface area contributed by atoms with Gasteiger partial charge >= 0.3 is 0 Å². The van der Waals surface area contributed by atoms with Crippen molar-refractivity contribution in [3.05, 3.63) is 95.6 Å². The van der Waals surface area contributed by atoms with Crippen molar-refractivity contribution in [1.29, 1.82) is 0 Å². The molecular formula is C35H42N4O7S. The zero-order chi connectivity index (χ0) is 34.5. The molecule has 0 fully saturated rings. The average molecular weight is 663 g/mol. The second kappa shape index (κ2) is 15.0. The van der Waals surface area contributed by atoms with Crippen molar-refractivity contribution in [2.75, 3.05) is 18.4 Å². The summed E-state index contributed by atoms with van der Waals surface area (Å²) in [7, 11) is -4.11. The van der Waals surface area contributed by atoms with Gasteiger partial charge in [0.1, 0.15) is 6.04 Å². The van der Waals surface area contributed by atoms with Gasteiger partial charge in [0.25, 0.3) is 11.8 Å². The number of carbonyl (C=O) groups is 4. The highest BCUT2D eigenvalue weighted by Crippen LogP contribution is 2.28. The maximum absolute atomic E-state index is 14.0. The smallest absolute Gasteiger partial charge is 0.262 e. The van der Waals surface area contributed by atoms with Gasteiger partial charge in [-0.25, -0.2) is 8.42 Å². The lowest BCUT2D eigenvalue weighted by Crippen LogP contribution is -2.58. The topological polar surface area (TPSA) is 153 Å². The van der Waals surface area contributed by atoms with E-state index in [1.807, 2.05) is 44.2 Å². The maximum Gasteiger partial charge on any atom is 0.262 e. The lowest BCUT2D eigenvalue weighted by molar-refractivity contribution is -0.128. The van der Waals surface area contributed by atoms with Gasteiger partial charge in [0.2, 0.25) is 21.8 Å². The van der Waals surface area contributed by atoms with Gasteiger partial charge in [-0.3, -0.25) is 24.1 Å². The number of nitrogens with one attached hydrogen (secondary N) is 2. The van der Waals surface area contributed by atoms with Gasteiger partial charge in [-0.2, -0.15) is 4.31 Å². The highest BCUT2D eigenvalue weighted by molar-refractivity contribution is 7.89. The Balaban J connectivity index is 1.63. The highest BCUT2D eigenvalue weighted by Gasteiger charge is 2.44. The van der Waals surface area contributed by atoms with Crippen LogP contribution >= 0.6 is 0 Å². The van der Waals surface area contributed by atoms with Crippen molar-refractivity contribution in [3.8, 4) is 0 Å². The molecular weight excluding hydrogens is 620 g/mol. The molecule has 0 aromatic heterocycles. The number of fused-ring (bicyclic) bond motifs is 1. The molecule has 11 nitrogen and oxygen atoms in total. The van der Waals surface area contributed by atoms with Gasteiger partial charge in [-0.05, 0) is 60.2 Å². The van der Waals surface area contributed by atoms with Crippen LogP contribution in [0.2, 0.25) is 0 Å². The second-order valence-corrected chi connectivity index (χ2v) is 14.4. The van der Waals surface area contributed by atoms with Crippen molar-refractivity contribution >= 4 is 39.3 Å². The average Bonchev–Trinajstić information content (AvgIpc) is 3.26. The van der Waals surface area contributed by atoms with Gasteiger partial charge in [0.15, 0.2) is 0 Å². The van der Waals surface area contributed by atoms with Crippen molar-refractivity contribution < 1.29 is 32.7 Å². The Labute approximate surface area is 276 Å². The zero-order valence-electron chi connectivity index (χ0n) is 27.2. The van der Waals surface area contributed by atoms with Crippen molar-refractivity contribution in [3.63, 3.8) is 0 Å². The fourth-order valence-corrected chi connectivity index (χ4v) is 7.30. The number of amides is 4. The van der Waals surface area contributed by atoms with Crippen LogP contribution in [-0.4, -0.2) is 77.6 Å². The number of nitrogens with zero attached hydrogens (tertiary/aromatic N) is 2. The van der Waals surface area contributed by atoms with Crippen LogP contribution in [0.5, 0.6) is 0 Å². The van der Waals surface area contributed by atoms with Crippen molar-refractivity contribution in [2.45, 2.75) is 64.1 Å². The third-order valence-electron chi connectivity index (χ3n) is 7.87. The van der Waals surface area contributed by atoms with Gasteiger partial charge < -0.3 is 15.7 Å². The molecule has 0 radical (unpaired) electrons. The number of sulfonamides is 1. The molecule has 3 aromatic carbocycles. The molecule has 0 saturated carbocycles. The first-order valence-corrected chi connectivity index (χ1v) is 17.0. The molecule has 3 atom stereocenters. The molecule has 1 aliphatic rings. The lowest BCUT2D eigenvalue weighted by Gasteiger charge is -2.33. The maximum atomic E-state index is 14.0. The van der Waals surface area contributed by atoms with E-state index in [0.717, 1.165) is 10.5 Å². The first-order chi connectivity index (χ1) is 22.2. The molecule has 3 aromatic rings. The number of imide groups is 1. The van der Waals surface area contributed by atoms with Crippen molar-refractivity contribution in [1.82, 2.24) is 14.5 Å². The largest absolute Gasteiger partial charge is 0.390 e. The number of hydrogen-bond acceptors (Lipinski definition) is 7. The molecule has 3 N–H and O–H groups in total. The van der Waals surface area contributed by atoms with Crippen molar-refractivity contribution in [2.24, 2.45) is 11.8 Å². The fourth-order valence-electron chi connectivity index (χ4n) is 5.67. The first-order valence-electron chi connectivity index (χ1n) is 15.6. The molecule has 250 valence electrons. The molecule has 47 heavy (non-hydrogen) atoms. The van der Waals surface area contributed by atoms with E-state index in [9.17, 15) is 32.7 Å². The number of aliphatic hydroxyl groups is 1. The van der Waals surface area contributed by atoms with Crippen LogP contribution < -0.4 is 10.6 Å². The van der Waals surface area contributed by atoms with Crippen LogP contribution in [0.15, 0.2) is 83.8 Å². The Morgan fingerprint density at radius 1 is 0.830 bits per heavy atom. The molecule has 0 saturated heterocycles. The minimum absolute atomic E-state index is 0.0198. The summed E-state index contributed by atoms with van der Waals surface area (Å²) in [6, 6.07) is 19.1. The Morgan fingerprint density at radius 3 is 1.89 bits per heavy atom. The number of benzene rings is 3.